The van der Waals surface area contributed by atoms with E-state index in [2.05, 4.69) is 23.5 Å². The van der Waals surface area contributed by atoms with Gasteiger partial charge in [-0.3, -0.25) is 4.79 Å². The summed E-state index contributed by atoms with van der Waals surface area (Å²) in [6.07, 6.45) is 1.48. The van der Waals surface area contributed by atoms with Crippen molar-refractivity contribution in [2.24, 2.45) is 0 Å². The van der Waals surface area contributed by atoms with Gasteiger partial charge in [-0.15, -0.1) is 0 Å². The SMILES string of the molecule is CCN(CC)CCSCCCC(=O)OC. The van der Waals surface area contributed by atoms with Crippen LogP contribution in [0.5, 0.6) is 0 Å². The van der Waals surface area contributed by atoms with Crippen LogP contribution in [0.15, 0.2) is 0 Å². The fraction of sp³-hybridized carbons (Fsp3) is 0.909. The number of carbonyl (C=O) groups is 1. The Kier molecular flexibility index (Phi) is 10.2. The number of hydrogen-bond acceptors (Lipinski definition) is 4. The molecular formula is C11H23NO2S. The van der Waals surface area contributed by atoms with Crippen molar-refractivity contribution in [1.82, 2.24) is 4.90 Å². The number of nitrogens with zero attached hydrogens (tertiary/aromatic N) is 1. The molecule has 4 heteroatoms. The molecule has 0 N–H and O–H groups in total. The number of esters is 1. The van der Waals surface area contributed by atoms with Crippen molar-refractivity contribution >= 4 is 17.7 Å². The smallest absolute Gasteiger partial charge is 0.305 e. The summed E-state index contributed by atoms with van der Waals surface area (Å²) >= 11 is 1.92. The van der Waals surface area contributed by atoms with Gasteiger partial charge in [-0.05, 0) is 25.3 Å². The van der Waals surface area contributed by atoms with E-state index in [-0.39, 0.29) is 5.97 Å². The first-order valence-electron chi connectivity index (χ1n) is 5.61. The standard InChI is InChI=1S/C11H23NO2S/c1-4-12(5-2)8-10-15-9-6-7-11(13)14-3/h4-10H2,1-3H3. The van der Waals surface area contributed by atoms with Gasteiger partial charge in [0.25, 0.3) is 0 Å². The highest BCUT2D eigenvalue weighted by Crippen LogP contribution is 2.05. The first-order valence-corrected chi connectivity index (χ1v) is 6.76. The molecule has 0 aliphatic carbocycles. The monoisotopic (exact) mass is 233 g/mol. The summed E-state index contributed by atoms with van der Waals surface area (Å²) in [4.78, 5) is 13.2. The Labute approximate surface area is 97.5 Å². The summed E-state index contributed by atoms with van der Waals surface area (Å²) in [6.45, 7) is 7.77. The second-order valence-corrected chi connectivity index (χ2v) is 4.54. The van der Waals surface area contributed by atoms with Gasteiger partial charge in [0.1, 0.15) is 0 Å². The summed E-state index contributed by atoms with van der Waals surface area (Å²) in [5, 5.41) is 0. The number of methoxy groups -OCH3 is 1. The zero-order valence-corrected chi connectivity index (χ0v) is 10.9. The molecular weight excluding hydrogens is 210 g/mol. The molecule has 0 spiro atoms. The molecule has 0 unspecified atom stereocenters. The summed E-state index contributed by atoms with van der Waals surface area (Å²) in [6, 6.07) is 0. The van der Waals surface area contributed by atoms with Crippen LogP contribution < -0.4 is 0 Å². The van der Waals surface area contributed by atoms with Gasteiger partial charge in [0, 0.05) is 18.7 Å². The van der Waals surface area contributed by atoms with Gasteiger partial charge in [-0.2, -0.15) is 11.8 Å². The van der Waals surface area contributed by atoms with Crippen LogP contribution in [-0.2, 0) is 9.53 Å². The highest BCUT2D eigenvalue weighted by Gasteiger charge is 2.00. The Morgan fingerprint density at radius 3 is 2.47 bits per heavy atom. The molecule has 0 aromatic heterocycles. The molecule has 0 bridgehead atoms. The van der Waals surface area contributed by atoms with Gasteiger partial charge in [-0.1, -0.05) is 13.8 Å². The zero-order valence-electron chi connectivity index (χ0n) is 10.1. The lowest BCUT2D eigenvalue weighted by Gasteiger charge is -2.17. The fourth-order valence-corrected chi connectivity index (χ4v) is 2.20. The number of thioether (sulfide) groups is 1. The van der Waals surface area contributed by atoms with Crippen LogP contribution in [0.1, 0.15) is 26.7 Å². The van der Waals surface area contributed by atoms with Gasteiger partial charge < -0.3 is 9.64 Å². The number of carbonyl (C=O) groups excluding carboxylic acids is 1. The maximum absolute atomic E-state index is 10.8. The van der Waals surface area contributed by atoms with E-state index in [1.165, 1.54) is 7.11 Å². The van der Waals surface area contributed by atoms with Crippen LogP contribution in [0.2, 0.25) is 0 Å². The molecule has 0 radical (unpaired) electrons. The lowest BCUT2D eigenvalue weighted by Crippen LogP contribution is -2.25. The minimum Gasteiger partial charge on any atom is -0.469 e. The Morgan fingerprint density at radius 2 is 1.93 bits per heavy atom. The van der Waals surface area contributed by atoms with Gasteiger partial charge in [0.2, 0.25) is 0 Å². The molecule has 0 amide bonds. The summed E-state index contributed by atoms with van der Waals surface area (Å²) in [7, 11) is 1.44. The van der Waals surface area contributed by atoms with Crippen LogP contribution in [0.25, 0.3) is 0 Å². The van der Waals surface area contributed by atoms with Crippen molar-refractivity contribution in [3.05, 3.63) is 0 Å². The second-order valence-electron chi connectivity index (χ2n) is 3.32. The Morgan fingerprint density at radius 1 is 1.27 bits per heavy atom. The van der Waals surface area contributed by atoms with Gasteiger partial charge >= 0.3 is 5.97 Å². The van der Waals surface area contributed by atoms with E-state index in [1.807, 2.05) is 11.8 Å². The molecule has 15 heavy (non-hydrogen) atoms. The van der Waals surface area contributed by atoms with Crippen molar-refractivity contribution in [2.45, 2.75) is 26.7 Å². The third kappa shape index (κ3) is 8.75. The highest BCUT2D eigenvalue weighted by atomic mass is 32.2. The molecule has 3 nitrogen and oxygen atoms in total. The average Bonchev–Trinajstić information content (AvgIpc) is 2.28. The second kappa shape index (κ2) is 10.3. The largest absolute Gasteiger partial charge is 0.469 e. The topological polar surface area (TPSA) is 29.5 Å². The van der Waals surface area contributed by atoms with Crippen LogP contribution in [0.4, 0.5) is 0 Å². The molecule has 0 fully saturated rings. The first-order chi connectivity index (χ1) is 7.24. The maximum Gasteiger partial charge on any atom is 0.305 e. The highest BCUT2D eigenvalue weighted by molar-refractivity contribution is 7.99. The third-order valence-corrected chi connectivity index (χ3v) is 3.39. The molecule has 0 atom stereocenters. The van der Waals surface area contributed by atoms with Gasteiger partial charge in [0.15, 0.2) is 0 Å². The van der Waals surface area contributed by atoms with E-state index < -0.39 is 0 Å². The van der Waals surface area contributed by atoms with Crippen LogP contribution in [0.3, 0.4) is 0 Å². The number of ether oxygens (including phenoxy) is 1. The van der Waals surface area contributed by atoms with Crippen molar-refractivity contribution in [3.8, 4) is 0 Å². The van der Waals surface area contributed by atoms with Gasteiger partial charge in [-0.25, -0.2) is 0 Å². The van der Waals surface area contributed by atoms with E-state index in [1.54, 1.807) is 0 Å². The summed E-state index contributed by atoms with van der Waals surface area (Å²) in [5.74, 6) is 2.11. The number of hydrogen-bond donors (Lipinski definition) is 0. The number of rotatable bonds is 9. The minimum atomic E-state index is -0.0978. The molecule has 0 heterocycles. The van der Waals surface area contributed by atoms with Crippen molar-refractivity contribution in [1.29, 1.82) is 0 Å². The summed E-state index contributed by atoms with van der Waals surface area (Å²) in [5.41, 5.74) is 0. The van der Waals surface area contributed by atoms with E-state index in [0.29, 0.717) is 6.42 Å². The van der Waals surface area contributed by atoms with Crippen molar-refractivity contribution in [2.75, 3.05) is 38.2 Å². The van der Waals surface area contributed by atoms with E-state index in [9.17, 15) is 4.79 Å². The van der Waals surface area contributed by atoms with Gasteiger partial charge in [0.05, 0.1) is 7.11 Å². The molecule has 0 rings (SSSR count). The lowest BCUT2D eigenvalue weighted by atomic mass is 10.3. The van der Waals surface area contributed by atoms with E-state index in [4.69, 9.17) is 0 Å². The summed E-state index contributed by atoms with van der Waals surface area (Å²) < 4.78 is 4.57. The lowest BCUT2D eigenvalue weighted by molar-refractivity contribution is -0.140. The van der Waals surface area contributed by atoms with E-state index in [0.717, 1.165) is 37.6 Å². The van der Waals surface area contributed by atoms with Crippen molar-refractivity contribution < 1.29 is 9.53 Å². The first kappa shape index (κ1) is 14.8. The predicted octanol–water partition coefficient (Wildman–Crippen LogP) is 2.01. The Bertz CT molecular complexity index is 161. The average molecular weight is 233 g/mol. The van der Waals surface area contributed by atoms with Crippen LogP contribution in [-0.4, -0.2) is 49.1 Å². The molecule has 0 aromatic carbocycles. The zero-order chi connectivity index (χ0) is 11.5. The van der Waals surface area contributed by atoms with E-state index >= 15 is 0 Å². The predicted molar refractivity (Wildman–Crippen MR) is 66.4 cm³/mol. The van der Waals surface area contributed by atoms with Crippen LogP contribution in [0, 0.1) is 0 Å². The molecule has 0 saturated heterocycles. The normalized spacial score (nSPS) is 10.7. The van der Waals surface area contributed by atoms with Crippen LogP contribution >= 0.6 is 11.8 Å². The molecule has 0 aromatic rings. The van der Waals surface area contributed by atoms with Crippen molar-refractivity contribution in [3.63, 3.8) is 0 Å². The molecule has 0 saturated carbocycles. The fourth-order valence-electron chi connectivity index (χ4n) is 1.26. The molecule has 0 aliphatic heterocycles. The third-order valence-electron chi connectivity index (χ3n) is 2.34. The Balaban J connectivity index is 3.21. The molecule has 90 valence electrons. The minimum absolute atomic E-state index is 0.0978. The maximum atomic E-state index is 10.8. The quantitative estimate of drug-likeness (QED) is 0.450. The Hall–Kier alpha value is -0.220. The molecule has 0 aliphatic rings.